The third-order valence-corrected chi connectivity index (χ3v) is 4.56. The van der Waals surface area contributed by atoms with Gasteiger partial charge in [-0.05, 0) is 42.9 Å². The van der Waals surface area contributed by atoms with E-state index in [2.05, 4.69) is 5.32 Å². The van der Waals surface area contributed by atoms with Crippen molar-refractivity contribution in [2.24, 2.45) is 0 Å². The van der Waals surface area contributed by atoms with E-state index < -0.39 is 17.6 Å². The molecule has 152 valence electrons. The van der Waals surface area contributed by atoms with Gasteiger partial charge in [-0.2, -0.15) is 0 Å². The zero-order valence-electron chi connectivity index (χ0n) is 17.0. The summed E-state index contributed by atoms with van der Waals surface area (Å²) in [5.41, 5.74) is 1.11. The molecule has 2 aromatic rings. The minimum absolute atomic E-state index is 0. The van der Waals surface area contributed by atoms with Gasteiger partial charge in [-0.15, -0.1) is 0 Å². The average molecular weight is 415 g/mol. The summed E-state index contributed by atoms with van der Waals surface area (Å²) >= 11 is 0. The van der Waals surface area contributed by atoms with Crippen LogP contribution in [0.1, 0.15) is 36.3 Å². The maximum Gasteiger partial charge on any atom is 1.00 e. The molecule has 0 aliphatic heterocycles. The number of halogens is 2. The number of hydrogen-bond acceptors (Lipinski definition) is 5. The minimum Gasteiger partial charge on any atom is -0.550 e. The van der Waals surface area contributed by atoms with Crippen LogP contribution in [-0.2, 0) is 11.3 Å². The van der Waals surface area contributed by atoms with Crippen LogP contribution in [0.5, 0.6) is 11.5 Å². The van der Waals surface area contributed by atoms with Gasteiger partial charge in [0.1, 0.15) is 11.5 Å². The smallest absolute Gasteiger partial charge is 0.550 e. The third kappa shape index (κ3) is 7.59. The zero-order valence-corrected chi connectivity index (χ0v) is 19.0. The average Bonchev–Trinajstić information content (AvgIpc) is 2.69. The first-order chi connectivity index (χ1) is 13.5. The van der Waals surface area contributed by atoms with Crippen LogP contribution in [0, 0.1) is 11.6 Å². The quantitative estimate of drug-likeness (QED) is 0.514. The van der Waals surface area contributed by atoms with E-state index in [9.17, 15) is 18.7 Å². The predicted molar refractivity (Wildman–Crippen MR) is 99.2 cm³/mol. The Labute approximate surface area is 191 Å². The number of carbonyl (C=O) groups is 1. The first kappa shape index (κ1) is 25.4. The fraction of sp³-hybridized carbons (Fsp3) is 0.381. The Morgan fingerprint density at radius 3 is 2.59 bits per heavy atom. The van der Waals surface area contributed by atoms with Gasteiger partial charge in [0.05, 0.1) is 14.2 Å². The summed E-state index contributed by atoms with van der Waals surface area (Å²) in [6, 6.07) is 9.47. The molecule has 8 heteroatoms. The maximum atomic E-state index is 14.2. The number of carboxylic acid groups (broad SMARTS) is 1. The van der Waals surface area contributed by atoms with Crippen molar-refractivity contribution in [3.8, 4) is 11.5 Å². The van der Waals surface area contributed by atoms with E-state index in [0.717, 1.165) is 11.6 Å². The molecular weight excluding hydrogens is 391 g/mol. The Balaban J connectivity index is 0.00000420. The van der Waals surface area contributed by atoms with Gasteiger partial charge in [0.15, 0.2) is 11.6 Å². The van der Waals surface area contributed by atoms with Gasteiger partial charge in [0.2, 0.25) is 0 Å². The zero-order chi connectivity index (χ0) is 20.5. The molecule has 5 nitrogen and oxygen atoms in total. The van der Waals surface area contributed by atoms with E-state index >= 15 is 0 Å². The molecule has 1 unspecified atom stereocenters. The van der Waals surface area contributed by atoms with Gasteiger partial charge in [-0.3, -0.25) is 0 Å². The summed E-state index contributed by atoms with van der Waals surface area (Å²) in [5, 5.41) is 13.9. The number of hydrogen-bond donors (Lipinski definition) is 1. The summed E-state index contributed by atoms with van der Waals surface area (Å²) in [5.74, 6) is -2.03. The van der Waals surface area contributed by atoms with Crippen molar-refractivity contribution >= 4 is 5.97 Å². The number of carboxylic acids is 1. The van der Waals surface area contributed by atoms with Crippen LogP contribution in [0.2, 0.25) is 0 Å². The predicted octanol–water partition coefficient (Wildman–Crippen LogP) is -0.220. The van der Waals surface area contributed by atoms with E-state index in [4.69, 9.17) is 9.47 Å². The molecule has 0 saturated heterocycles. The second-order valence-corrected chi connectivity index (χ2v) is 6.41. The van der Waals surface area contributed by atoms with Crippen molar-refractivity contribution in [2.45, 2.75) is 31.7 Å². The van der Waals surface area contributed by atoms with Crippen molar-refractivity contribution in [2.75, 3.05) is 20.8 Å². The normalized spacial score (nSPS) is 11.4. The fourth-order valence-corrected chi connectivity index (χ4v) is 3.08. The second kappa shape index (κ2) is 12.8. The van der Waals surface area contributed by atoms with E-state index in [1.54, 1.807) is 20.3 Å². The SMILES string of the molecule is COc1ccc(CNCC(CCCC(=O)[O-])c2cccc(F)c2F)c(OC)c1.[Na+]. The van der Waals surface area contributed by atoms with Crippen LogP contribution in [0.3, 0.4) is 0 Å². The van der Waals surface area contributed by atoms with Crippen LogP contribution in [0.25, 0.3) is 0 Å². The van der Waals surface area contributed by atoms with Crippen LogP contribution >= 0.6 is 0 Å². The number of carbonyl (C=O) groups excluding carboxylic acids is 1. The van der Waals surface area contributed by atoms with Crippen LogP contribution < -0.4 is 49.5 Å². The molecule has 1 N–H and O–H groups in total. The Kier molecular flexibility index (Phi) is 11.2. The molecular formula is C21H24F2NNaO4. The first-order valence-corrected chi connectivity index (χ1v) is 9.01. The van der Waals surface area contributed by atoms with Crippen molar-refractivity contribution < 1.29 is 57.7 Å². The van der Waals surface area contributed by atoms with Crippen molar-refractivity contribution in [3.05, 3.63) is 59.2 Å². The van der Waals surface area contributed by atoms with Gasteiger partial charge in [-0.1, -0.05) is 18.2 Å². The topological polar surface area (TPSA) is 70.6 Å². The molecule has 2 rings (SSSR count). The molecule has 0 heterocycles. The molecule has 0 saturated carbocycles. The van der Waals surface area contributed by atoms with Crippen molar-refractivity contribution in [1.29, 1.82) is 0 Å². The molecule has 0 spiro atoms. The molecule has 2 aromatic carbocycles. The van der Waals surface area contributed by atoms with Crippen LogP contribution in [0.15, 0.2) is 36.4 Å². The number of benzene rings is 2. The van der Waals surface area contributed by atoms with E-state index in [0.29, 0.717) is 37.4 Å². The molecule has 0 aliphatic carbocycles. The first-order valence-electron chi connectivity index (χ1n) is 9.01. The Morgan fingerprint density at radius 2 is 1.93 bits per heavy atom. The Bertz CT molecular complexity index is 804. The van der Waals surface area contributed by atoms with Crippen LogP contribution in [0.4, 0.5) is 8.78 Å². The minimum atomic E-state index is -1.16. The monoisotopic (exact) mass is 415 g/mol. The number of rotatable bonds is 11. The summed E-state index contributed by atoms with van der Waals surface area (Å²) in [7, 11) is 3.13. The molecule has 0 fully saturated rings. The molecule has 0 amide bonds. The number of ether oxygens (including phenoxy) is 2. The molecule has 29 heavy (non-hydrogen) atoms. The molecule has 0 aromatic heterocycles. The molecule has 1 atom stereocenters. The van der Waals surface area contributed by atoms with E-state index in [1.165, 1.54) is 12.1 Å². The van der Waals surface area contributed by atoms with Crippen molar-refractivity contribution in [3.63, 3.8) is 0 Å². The summed E-state index contributed by atoms with van der Waals surface area (Å²) in [4.78, 5) is 10.7. The van der Waals surface area contributed by atoms with Gasteiger partial charge < -0.3 is 24.7 Å². The third-order valence-electron chi connectivity index (χ3n) is 4.56. The summed E-state index contributed by atoms with van der Waals surface area (Å²) < 4.78 is 38.4. The van der Waals surface area contributed by atoms with Gasteiger partial charge in [0, 0.05) is 30.7 Å². The number of methoxy groups -OCH3 is 2. The van der Waals surface area contributed by atoms with Gasteiger partial charge in [-0.25, -0.2) is 8.78 Å². The maximum absolute atomic E-state index is 14.2. The molecule has 0 aliphatic rings. The summed E-state index contributed by atoms with van der Waals surface area (Å²) in [6.45, 7) is 0.795. The number of aliphatic carboxylic acids is 1. The number of nitrogens with one attached hydrogen (secondary N) is 1. The Morgan fingerprint density at radius 1 is 1.17 bits per heavy atom. The second-order valence-electron chi connectivity index (χ2n) is 6.41. The van der Waals surface area contributed by atoms with E-state index in [-0.39, 0.29) is 47.5 Å². The van der Waals surface area contributed by atoms with E-state index in [1.807, 2.05) is 12.1 Å². The van der Waals surface area contributed by atoms with Gasteiger partial charge in [0.25, 0.3) is 0 Å². The van der Waals surface area contributed by atoms with Crippen molar-refractivity contribution in [1.82, 2.24) is 5.32 Å². The molecule has 0 radical (unpaired) electrons. The standard InChI is InChI=1S/C21H25F2NO4.Na/c1-27-16-10-9-15(19(11-16)28-2)13-24-12-14(5-3-8-20(25)26)17-6-4-7-18(22)21(17)23;/h4,6-7,9-11,14,24H,3,5,8,12-13H2,1-2H3,(H,25,26);/q;+1/p-1. The van der Waals surface area contributed by atoms with Gasteiger partial charge >= 0.3 is 29.6 Å². The molecule has 0 bridgehead atoms. The summed E-state index contributed by atoms with van der Waals surface area (Å²) in [6.07, 6.45) is 0.581. The largest absolute Gasteiger partial charge is 1.00 e. The fourth-order valence-electron chi connectivity index (χ4n) is 3.08. The Hall–Kier alpha value is -1.67. The van der Waals surface area contributed by atoms with Crippen LogP contribution in [-0.4, -0.2) is 26.7 Å².